The fourth-order valence-electron chi connectivity index (χ4n) is 2.30. The Balaban J connectivity index is 1.52. The smallest absolute Gasteiger partial charge is 0.234 e. The summed E-state index contributed by atoms with van der Waals surface area (Å²) < 4.78 is 9.18. The molecule has 0 bridgehead atoms. The zero-order valence-electron chi connectivity index (χ0n) is 12.7. The van der Waals surface area contributed by atoms with Crippen molar-refractivity contribution in [2.75, 3.05) is 44.3 Å². The van der Waals surface area contributed by atoms with Gasteiger partial charge in [0, 0.05) is 26.2 Å². The molecule has 1 aliphatic heterocycles. The minimum absolute atomic E-state index is 0.0769. The van der Waals surface area contributed by atoms with Crippen LogP contribution in [0.3, 0.4) is 0 Å². The number of nitrogens with zero attached hydrogens (tertiary/aromatic N) is 4. The number of nitrogens with one attached hydrogen (secondary N) is 1. The number of anilines is 1. The van der Waals surface area contributed by atoms with Crippen molar-refractivity contribution in [3.8, 4) is 0 Å². The highest BCUT2D eigenvalue weighted by Crippen LogP contribution is 2.21. The van der Waals surface area contributed by atoms with Gasteiger partial charge in [-0.2, -0.15) is 8.75 Å². The number of thioether (sulfide) groups is 1. The summed E-state index contributed by atoms with van der Waals surface area (Å²) in [5, 5.41) is 2.89. The summed E-state index contributed by atoms with van der Waals surface area (Å²) in [6.07, 6.45) is 0. The molecule has 0 spiro atoms. The maximum absolute atomic E-state index is 12.2. The molecule has 1 N–H and O–H groups in total. The lowest BCUT2D eigenvalue weighted by molar-refractivity contribution is -0.113. The first kappa shape index (κ1) is 16.6. The van der Waals surface area contributed by atoms with Crippen LogP contribution in [0.25, 0.3) is 11.0 Å². The van der Waals surface area contributed by atoms with E-state index in [1.54, 1.807) is 0 Å². The SMILES string of the molecule is CN1CCN(C(=S)SCC(=O)Nc2cccc3nsnc23)CC1. The molecular formula is C14H17N5OS3. The summed E-state index contributed by atoms with van der Waals surface area (Å²) in [7, 11) is 2.11. The van der Waals surface area contributed by atoms with E-state index in [9.17, 15) is 4.79 Å². The van der Waals surface area contributed by atoms with Crippen LogP contribution in [0.15, 0.2) is 18.2 Å². The van der Waals surface area contributed by atoms with Gasteiger partial charge in [-0.05, 0) is 19.2 Å². The molecule has 1 saturated heterocycles. The fourth-order valence-corrected chi connectivity index (χ4v) is 3.90. The Labute approximate surface area is 148 Å². The lowest BCUT2D eigenvalue weighted by Gasteiger charge is -2.33. The highest BCUT2D eigenvalue weighted by atomic mass is 32.2. The normalized spacial score (nSPS) is 15.8. The summed E-state index contributed by atoms with van der Waals surface area (Å²) in [6, 6.07) is 5.58. The van der Waals surface area contributed by atoms with Crippen molar-refractivity contribution in [2.45, 2.75) is 0 Å². The zero-order chi connectivity index (χ0) is 16.2. The zero-order valence-corrected chi connectivity index (χ0v) is 15.1. The van der Waals surface area contributed by atoms with Crippen LogP contribution in [-0.4, -0.2) is 67.8 Å². The summed E-state index contributed by atoms with van der Waals surface area (Å²) in [4.78, 5) is 16.6. The van der Waals surface area contributed by atoms with Crippen molar-refractivity contribution < 1.29 is 4.79 Å². The number of fused-ring (bicyclic) bond motifs is 1. The molecule has 3 rings (SSSR count). The summed E-state index contributed by atoms with van der Waals surface area (Å²) in [6.45, 7) is 3.86. The predicted octanol–water partition coefficient (Wildman–Crippen LogP) is 1.90. The molecule has 9 heteroatoms. The van der Waals surface area contributed by atoms with E-state index in [-0.39, 0.29) is 5.91 Å². The summed E-state index contributed by atoms with van der Waals surface area (Å²) in [5.74, 6) is 0.228. The van der Waals surface area contributed by atoms with Crippen molar-refractivity contribution in [1.29, 1.82) is 0 Å². The second kappa shape index (κ2) is 7.52. The van der Waals surface area contributed by atoms with Crippen molar-refractivity contribution in [3.05, 3.63) is 18.2 Å². The van der Waals surface area contributed by atoms with Gasteiger partial charge in [-0.15, -0.1) is 0 Å². The molecule has 2 heterocycles. The molecule has 1 aromatic carbocycles. The number of benzene rings is 1. The molecule has 0 radical (unpaired) electrons. The molecule has 122 valence electrons. The molecule has 1 fully saturated rings. The quantitative estimate of drug-likeness (QED) is 0.831. The van der Waals surface area contributed by atoms with E-state index >= 15 is 0 Å². The van der Waals surface area contributed by atoms with Gasteiger partial charge in [0.2, 0.25) is 5.91 Å². The van der Waals surface area contributed by atoms with Gasteiger partial charge >= 0.3 is 0 Å². The molecule has 0 saturated carbocycles. The van der Waals surface area contributed by atoms with E-state index in [0.717, 1.165) is 53.3 Å². The van der Waals surface area contributed by atoms with Crippen LogP contribution in [0, 0.1) is 0 Å². The van der Waals surface area contributed by atoms with E-state index in [2.05, 4.69) is 30.9 Å². The maximum atomic E-state index is 12.2. The molecule has 0 aliphatic carbocycles. The number of hydrogen-bond acceptors (Lipinski definition) is 7. The molecule has 0 atom stereocenters. The Bertz CT molecular complexity index is 711. The van der Waals surface area contributed by atoms with Gasteiger partial charge in [0.15, 0.2) is 0 Å². The predicted molar refractivity (Wildman–Crippen MR) is 100 cm³/mol. The standard InChI is InChI=1S/C14H17N5OS3/c1-18-5-7-19(8-6-18)14(21)22-9-12(20)15-10-3-2-4-11-13(10)17-23-16-11/h2-4H,5-9H2,1H3,(H,15,20). The number of amides is 1. The molecule has 23 heavy (non-hydrogen) atoms. The molecule has 1 amide bonds. The Morgan fingerprint density at radius 1 is 1.35 bits per heavy atom. The Morgan fingerprint density at radius 2 is 2.13 bits per heavy atom. The highest BCUT2D eigenvalue weighted by Gasteiger charge is 2.17. The van der Waals surface area contributed by atoms with Gasteiger partial charge in [0.1, 0.15) is 15.4 Å². The molecular weight excluding hydrogens is 350 g/mol. The van der Waals surface area contributed by atoms with Gasteiger partial charge in [0.05, 0.1) is 23.2 Å². The molecule has 0 unspecified atom stereocenters. The lowest BCUT2D eigenvalue weighted by atomic mass is 10.2. The Kier molecular flexibility index (Phi) is 5.42. The monoisotopic (exact) mass is 367 g/mol. The number of carbonyl (C=O) groups is 1. The summed E-state index contributed by atoms with van der Waals surface area (Å²) in [5.41, 5.74) is 2.23. The van der Waals surface area contributed by atoms with E-state index in [4.69, 9.17) is 12.2 Å². The fraction of sp³-hybridized carbons (Fsp3) is 0.429. The molecule has 1 aromatic heterocycles. The first-order chi connectivity index (χ1) is 11.1. The number of hydrogen-bond donors (Lipinski definition) is 1. The van der Waals surface area contributed by atoms with Crippen LogP contribution < -0.4 is 5.32 Å². The van der Waals surface area contributed by atoms with Crippen LogP contribution in [0.5, 0.6) is 0 Å². The van der Waals surface area contributed by atoms with Crippen molar-refractivity contribution in [2.24, 2.45) is 0 Å². The average molecular weight is 368 g/mol. The number of thiocarbonyl (C=S) groups is 1. The first-order valence-electron chi connectivity index (χ1n) is 7.25. The highest BCUT2D eigenvalue weighted by molar-refractivity contribution is 8.23. The Hall–Kier alpha value is -1.29. The van der Waals surface area contributed by atoms with Gasteiger partial charge in [-0.1, -0.05) is 30.0 Å². The number of carbonyl (C=O) groups excluding carboxylic acids is 1. The first-order valence-corrected chi connectivity index (χ1v) is 9.37. The Morgan fingerprint density at radius 3 is 2.91 bits per heavy atom. The average Bonchev–Trinajstić information content (AvgIpc) is 3.03. The van der Waals surface area contributed by atoms with Gasteiger partial charge < -0.3 is 15.1 Å². The maximum Gasteiger partial charge on any atom is 0.234 e. The third-order valence-electron chi connectivity index (χ3n) is 3.65. The molecule has 2 aromatic rings. The van der Waals surface area contributed by atoms with Crippen LogP contribution in [-0.2, 0) is 4.79 Å². The molecule has 1 aliphatic rings. The number of aromatic nitrogens is 2. The van der Waals surface area contributed by atoms with E-state index in [1.807, 2.05) is 18.2 Å². The van der Waals surface area contributed by atoms with Crippen molar-refractivity contribution in [1.82, 2.24) is 18.5 Å². The van der Waals surface area contributed by atoms with E-state index < -0.39 is 0 Å². The van der Waals surface area contributed by atoms with Gasteiger partial charge in [-0.3, -0.25) is 4.79 Å². The summed E-state index contributed by atoms with van der Waals surface area (Å²) >= 11 is 7.98. The van der Waals surface area contributed by atoms with Crippen LogP contribution in [0.4, 0.5) is 5.69 Å². The van der Waals surface area contributed by atoms with Crippen molar-refractivity contribution in [3.63, 3.8) is 0 Å². The third kappa shape index (κ3) is 4.17. The van der Waals surface area contributed by atoms with Crippen LogP contribution >= 0.6 is 35.7 Å². The van der Waals surface area contributed by atoms with Gasteiger partial charge in [-0.25, -0.2) is 0 Å². The second-order valence-electron chi connectivity index (χ2n) is 5.33. The second-order valence-corrected chi connectivity index (χ2v) is 7.47. The van der Waals surface area contributed by atoms with Crippen LogP contribution in [0.1, 0.15) is 0 Å². The van der Waals surface area contributed by atoms with Gasteiger partial charge in [0.25, 0.3) is 0 Å². The lowest BCUT2D eigenvalue weighted by Crippen LogP contribution is -2.46. The molecule has 6 nitrogen and oxygen atoms in total. The van der Waals surface area contributed by atoms with E-state index in [0.29, 0.717) is 11.4 Å². The van der Waals surface area contributed by atoms with Crippen molar-refractivity contribution >= 4 is 62.7 Å². The largest absolute Gasteiger partial charge is 0.355 e. The van der Waals surface area contributed by atoms with E-state index in [1.165, 1.54) is 11.8 Å². The number of rotatable bonds is 3. The number of likely N-dealkylation sites (N-methyl/N-ethyl adjacent to an activating group) is 1. The minimum atomic E-state index is -0.0769. The number of piperazine rings is 1. The minimum Gasteiger partial charge on any atom is -0.355 e. The van der Waals surface area contributed by atoms with Crippen LogP contribution in [0.2, 0.25) is 0 Å². The topological polar surface area (TPSA) is 61.4 Å². The third-order valence-corrected chi connectivity index (χ3v) is 5.71.